The molecule has 2 atom stereocenters. The summed E-state index contributed by atoms with van der Waals surface area (Å²) in [6.45, 7) is 0. The van der Waals surface area contributed by atoms with Crippen molar-refractivity contribution in [3.63, 3.8) is 0 Å². The van der Waals surface area contributed by atoms with Crippen LogP contribution in [0.3, 0.4) is 0 Å². The van der Waals surface area contributed by atoms with Gasteiger partial charge < -0.3 is 28.4 Å². The number of benzene rings is 4. The summed E-state index contributed by atoms with van der Waals surface area (Å²) in [4.78, 5) is 90.7. The van der Waals surface area contributed by atoms with E-state index in [0.717, 1.165) is 24.3 Å². The molecule has 6 rings (SSSR count). The number of hydrogen-bond donors (Lipinski definition) is 2. The van der Waals surface area contributed by atoms with E-state index in [1.807, 2.05) is 0 Å². The monoisotopic (exact) mass is 776 g/mol. The van der Waals surface area contributed by atoms with Gasteiger partial charge in [-0.3, -0.25) is 0 Å². The molecule has 18 nitrogen and oxygen atoms in total. The van der Waals surface area contributed by atoms with Crippen LogP contribution >= 0.6 is 11.6 Å². The maximum atomic E-state index is 15.4. The summed E-state index contributed by atoms with van der Waals surface area (Å²) in [5.41, 5.74) is 3.58. The molecule has 0 aliphatic carbocycles. The predicted molar refractivity (Wildman–Crippen MR) is 192 cm³/mol. The van der Waals surface area contributed by atoms with Crippen molar-refractivity contribution >= 4 is 58.9 Å². The Labute approximate surface area is 317 Å². The van der Waals surface area contributed by atoms with Gasteiger partial charge in [0.1, 0.15) is 9.40 Å². The third-order valence-corrected chi connectivity index (χ3v) is 9.07. The number of para-hydroxylation sites is 1. The number of carbonyl (C=O) groups excluding carboxylic acids is 6. The van der Waals surface area contributed by atoms with E-state index in [-0.39, 0.29) is 50.9 Å². The number of urea groups is 4. The fourth-order valence-corrected chi connectivity index (χ4v) is 6.42. The van der Waals surface area contributed by atoms with Crippen LogP contribution in [0.4, 0.5) is 30.6 Å². The fourth-order valence-electron chi connectivity index (χ4n) is 6.30. The highest BCUT2D eigenvalue weighted by molar-refractivity contribution is 6.30. The lowest BCUT2D eigenvalue weighted by Gasteiger charge is -2.35. The Hall–Kier alpha value is -6.89. The summed E-state index contributed by atoms with van der Waals surface area (Å²) in [7, 11) is 7.71. The van der Waals surface area contributed by atoms with Gasteiger partial charge in [0.25, 0.3) is 0 Å². The lowest BCUT2D eigenvalue weighted by Crippen LogP contribution is -2.85. The second kappa shape index (κ2) is 14.5. The number of quaternary nitrogens is 2. The van der Waals surface area contributed by atoms with Gasteiger partial charge in [0.2, 0.25) is 11.5 Å². The highest BCUT2D eigenvalue weighted by atomic mass is 35.5. The van der Waals surface area contributed by atoms with Crippen LogP contribution in [0.25, 0.3) is 0 Å². The minimum atomic E-state index is -2.23. The quantitative estimate of drug-likeness (QED) is 0.194. The number of amides is 10. The van der Waals surface area contributed by atoms with Crippen LogP contribution in [-0.2, 0) is 0 Å². The lowest BCUT2D eigenvalue weighted by atomic mass is 10.1. The maximum absolute atomic E-state index is 15.4. The fraction of sp³-hybridized carbons (Fsp3) is 0.167. The van der Waals surface area contributed by atoms with Crippen molar-refractivity contribution in [2.24, 2.45) is 0 Å². The number of rotatable bonds is 10. The Kier molecular flexibility index (Phi) is 9.98. The Morgan fingerprint density at radius 2 is 0.873 bits per heavy atom. The van der Waals surface area contributed by atoms with E-state index >= 15 is 19.2 Å². The minimum Gasteiger partial charge on any atom is -0.493 e. The van der Waals surface area contributed by atoms with Crippen molar-refractivity contribution in [1.82, 2.24) is 10.9 Å². The largest absolute Gasteiger partial charge is 0.517 e. The van der Waals surface area contributed by atoms with Gasteiger partial charge in [-0.1, -0.05) is 29.8 Å². The molecule has 284 valence electrons. The second-order valence-corrected chi connectivity index (χ2v) is 12.0. The van der Waals surface area contributed by atoms with Crippen molar-refractivity contribution in [3.05, 3.63) is 95.0 Å². The van der Waals surface area contributed by atoms with Gasteiger partial charge in [-0.15, -0.1) is 10.9 Å². The number of imide groups is 4. The van der Waals surface area contributed by atoms with E-state index in [4.69, 9.17) is 40.0 Å². The van der Waals surface area contributed by atoms with Crippen molar-refractivity contribution < 1.29 is 66.6 Å². The predicted octanol–water partition coefficient (Wildman–Crippen LogP) is 5.45. The number of nitrogens with one attached hydrogen (secondary N) is 2. The molecule has 0 bridgehead atoms. The molecule has 0 radical (unpaired) electrons. The van der Waals surface area contributed by atoms with Gasteiger partial charge in [0, 0.05) is 29.3 Å². The van der Waals surface area contributed by atoms with E-state index in [2.05, 4.69) is 10.9 Å². The van der Waals surface area contributed by atoms with E-state index in [1.165, 1.54) is 91.2 Å². The molecule has 19 heteroatoms. The molecule has 2 unspecified atom stereocenters. The summed E-state index contributed by atoms with van der Waals surface area (Å²) in [5, 5.41) is 0.242. The van der Waals surface area contributed by atoms with Gasteiger partial charge in [-0.05, 0) is 36.4 Å². The zero-order chi connectivity index (χ0) is 39.8. The van der Waals surface area contributed by atoms with Gasteiger partial charge in [-0.25, -0.2) is 19.2 Å². The number of anilines is 2. The van der Waals surface area contributed by atoms with Crippen LogP contribution in [0.1, 0.15) is 20.7 Å². The molecule has 10 amide bonds. The van der Waals surface area contributed by atoms with Gasteiger partial charge in [0.15, 0.2) is 23.0 Å². The number of ether oxygens (including phenoxy) is 6. The van der Waals surface area contributed by atoms with Gasteiger partial charge in [-0.2, -0.15) is 19.4 Å². The molecule has 2 aliphatic heterocycles. The zero-order valence-corrected chi connectivity index (χ0v) is 30.8. The van der Waals surface area contributed by atoms with E-state index in [0.29, 0.717) is 9.80 Å². The molecule has 2 aliphatic rings. The first-order valence-electron chi connectivity index (χ1n) is 16.0. The highest BCUT2D eigenvalue weighted by Gasteiger charge is 2.84. The standard InChI is InChI=1S/C36H31ClN6O12/c1-50-25-16-20(17-26(51-2)29(25)54-5)31(44)42(35(48)40(33(46)38-42)23-10-8-7-9-11-23)43(32(45)21-18-27(52-3)30(55-6)28(19-21)53-4)36(49)41(34(47)39-43)24-14-12-22(37)13-15-24/h7-19H,1-6H3/p+2. The Morgan fingerprint density at radius 3 is 1.20 bits per heavy atom. The molecule has 55 heavy (non-hydrogen) atoms. The summed E-state index contributed by atoms with van der Waals surface area (Å²) < 4.78 is 28.2. The molecule has 2 saturated heterocycles. The lowest BCUT2D eigenvalue weighted by molar-refractivity contribution is -1.37. The van der Waals surface area contributed by atoms with Gasteiger partial charge in [0.05, 0.1) is 65.2 Å². The highest BCUT2D eigenvalue weighted by Crippen LogP contribution is 2.45. The van der Waals surface area contributed by atoms with Gasteiger partial charge >= 0.3 is 35.9 Å². The summed E-state index contributed by atoms with van der Waals surface area (Å²) >= 11 is 6.10. The second-order valence-electron chi connectivity index (χ2n) is 11.6. The summed E-state index contributed by atoms with van der Waals surface area (Å²) in [6.07, 6.45) is 0. The molecule has 2 heterocycles. The number of nitrogens with zero attached hydrogens (tertiary/aromatic N) is 4. The van der Waals surface area contributed by atoms with E-state index in [1.54, 1.807) is 6.07 Å². The van der Waals surface area contributed by atoms with E-state index < -0.39 is 56.5 Å². The number of methoxy groups -OCH3 is 6. The number of carbonyl (C=O) groups is 6. The number of hydrogen-bond acceptors (Lipinski definition) is 12. The van der Waals surface area contributed by atoms with Crippen molar-refractivity contribution in [3.8, 4) is 34.5 Å². The third-order valence-electron chi connectivity index (χ3n) is 8.82. The SMILES string of the molecule is COc1cc(C(=O)[N+]2([N+]3(C(=O)c4cc(OC)c(OC)c(OC)c4)NC(=O)N(c4ccc(Cl)cc4)C3=O)NC(=O)N(c3ccccc3)C2=O)cc(OC)c1OC. The molecule has 2 fully saturated rings. The molecule has 0 saturated carbocycles. The molecular weight excluding hydrogens is 744 g/mol. The van der Waals surface area contributed by atoms with E-state index in [9.17, 15) is 9.59 Å². The minimum absolute atomic E-state index is 0.0471. The van der Waals surface area contributed by atoms with Crippen molar-refractivity contribution in [2.45, 2.75) is 0 Å². The first kappa shape index (κ1) is 37.9. The molecule has 4 aromatic rings. The molecule has 4 aromatic carbocycles. The topological polar surface area (TPSA) is 188 Å². The first-order valence-corrected chi connectivity index (χ1v) is 16.4. The Morgan fingerprint density at radius 1 is 0.527 bits per heavy atom. The smallest absolute Gasteiger partial charge is 0.493 e. The van der Waals surface area contributed by atoms with Crippen molar-refractivity contribution in [1.29, 1.82) is 0 Å². The first-order chi connectivity index (χ1) is 26.4. The molecule has 0 spiro atoms. The zero-order valence-electron chi connectivity index (χ0n) is 30.1. The summed E-state index contributed by atoms with van der Waals surface area (Å²) in [6, 6.07) is 11.9. The maximum Gasteiger partial charge on any atom is 0.517 e. The van der Waals surface area contributed by atoms with Crippen LogP contribution in [0, 0.1) is 0 Å². The molecule has 2 N–H and O–H groups in total. The molecule has 0 aromatic heterocycles. The van der Waals surface area contributed by atoms with Crippen molar-refractivity contribution in [2.75, 3.05) is 52.5 Å². The van der Waals surface area contributed by atoms with Crippen LogP contribution < -0.4 is 49.1 Å². The molecular formula is C36H33ClN6O12+2. The Balaban J connectivity index is 1.73. The average molecular weight is 777 g/mol. The van der Waals surface area contributed by atoms with Crippen LogP contribution in [0.2, 0.25) is 5.02 Å². The summed E-state index contributed by atoms with van der Waals surface area (Å²) in [5.74, 6) is -2.98. The normalized spacial score (nSPS) is 19.1. The van der Waals surface area contributed by atoms with Crippen LogP contribution in [-0.4, -0.2) is 88.0 Å². The van der Waals surface area contributed by atoms with Crippen LogP contribution in [0.5, 0.6) is 34.5 Å². The van der Waals surface area contributed by atoms with Crippen LogP contribution in [0.15, 0.2) is 78.9 Å². The average Bonchev–Trinajstić information content (AvgIpc) is 3.64. The Bertz CT molecular complexity index is 2210. The third kappa shape index (κ3) is 5.66. The number of halogens is 1.